The number of hydrogen-bond acceptors (Lipinski definition) is 21. The maximum atomic E-state index is 13.7. The van der Waals surface area contributed by atoms with Crippen LogP contribution in [0.15, 0.2) is 69.8 Å². The maximum absolute atomic E-state index is 13.7. The van der Waals surface area contributed by atoms with Gasteiger partial charge >= 0.3 is 35.1 Å². The Morgan fingerprint density at radius 2 is 1.71 bits per heavy atom. The summed E-state index contributed by atoms with van der Waals surface area (Å²) >= 11 is 0. The van der Waals surface area contributed by atoms with E-state index in [0.717, 1.165) is 32.7 Å². The molecule has 2 aliphatic heterocycles. The number of aromatic carboxylic acids is 1. The fourth-order valence-electron chi connectivity index (χ4n) is 8.37. The van der Waals surface area contributed by atoms with Gasteiger partial charge in [0.05, 0.1) is 29.5 Å². The number of carboxylic acid groups (broad SMARTS) is 1. The summed E-state index contributed by atoms with van der Waals surface area (Å²) in [6.45, 7) is 18.4. The van der Waals surface area contributed by atoms with Crippen molar-refractivity contribution >= 4 is 95.7 Å². The van der Waals surface area contributed by atoms with Crippen molar-refractivity contribution in [1.29, 1.82) is 0 Å². The first kappa shape index (κ1) is 65.2. The van der Waals surface area contributed by atoms with Gasteiger partial charge in [0.15, 0.2) is 0 Å². The number of nitrogens with two attached hydrogens (primary N) is 1. The molecule has 9 N–H and O–H groups in total. The van der Waals surface area contributed by atoms with E-state index in [4.69, 9.17) is 39.0 Å². The van der Waals surface area contributed by atoms with Crippen LogP contribution < -0.4 is 26.8 Å². The number of amides is 1. The van der Waals surface area contributed by atoms with Crippen LogP contribution in [0.3, 0.4) is 0 Å². The second kappa shape index (κ2) is 27.6. The molecule has 5 unspecified atom stereocenters. The SMILES string of the molecule is CCN=C1C=C2Oc3cc(NCC)c(C)cc3C(c3ccc(C(=O)NCC(C)(C)SSCOCC#Cc4cn([C@H]5CC(OCSSC(C)(C)C)[C@@H](COP(=O)(O)OP(=O)(O)OP(=O)(O)O)O5)c(=O)nc4N)cc3C(=O)O)C2C=C1C. The van der Waals surface area contributed by atoms with Gasteiger partial charge in [-0.2, -0.15) is 13.6 Å². The number of aryl methyl sites for hydroxylation is 1. The van der Waals surface area contributed by atoms with Gasteiger partial charge in [-0.1, -0.05) is 87.9 Å². The zero-order valence-electron chi connectivity index (χ0n) is 45.1. The third-order valence-corrected chi connectivity index (χ3v) is 21.5. The molecule has 31 heteroatoms. The van der Waals surface area contributed by atoms with Crippen molar-refractivity contribution in [3.05, 3.63) is 104 Å². The van der Waals surface area contributed by atoms with Gasteiger partial charge in [-0.05, 0) is 76.4 Å². The number of carbonyl (C=O) groups is 2. The third-order valence-electron chi connectivity index (χ3n) is 11.7. The van der Waals surface area contributed by atoms with Crippen molar-refractivity contribution < 1.29 is 80.1 Å². The van der Waals surface area contributed by atoms with E-state index >= 15 is 0 Å². The quantitative estimate of drug-likeness (QED) is 0.0129. The summed E-state index contributed by atoms with van der Waals surface area (Å²) in [4.78, 5) is 85.7. The normalized spacial score (nSPS) is 21.2. The molecule has 3 aromatic rings. The van der Waals surface area contributed by atoms with Gasteiger partial charge in [0.2, 0.25) is 0 Å². The molecule has 6 rings (SSSR count). The Labute approximate surface area is 478 Å². The number of rotatable bonds is 25. The molecule has 1 aliphatic carbocycles. The average Bonchev–Trinajstić information content (AvgIpc) is 3.86. The summed E-state index contributed by atoms with van der Waals surface area (Å²) in [5.74, 6) is 4.64. The van der Waals surface area contributed by atoms with Gasteiger partial charge in [-0.3, -0.25) is 18.9 Å². The number of nitrogens with zero attached hydrogens (tertiary/aromatic N) is 3. The van der Waals surface area contributed by atoms with Gasteiger partial charge in [0.25, 0.3) is 5.91 Å². The van der Waals surface area contributed by atoms with E-state index in [9.17, 15) is 43.0 Å². The highest BCUT2D eigenvalue weighted by Gasteiger charge is 2.44. The lowest BCUT2D eigenvalue weighted by molar-refractivity contribution is -0.0543. The van der Waals surface area contributed by atoms with E-state index in [1.807, 2.05) is 80.5 Å². The van der Waals surface area contributed by atoms with Gasteiger partial charge in [0.1, 0.15) is 48.1 Å². The highest BCUT2D eigenvalue weighted by Crippen LogP contribution is 2.66. The van der Waals surface area contributed by atoms with Crippen molar-refractivity contribution in [3.63, 3.8) is 0 Å². The number of ether oxygens (including phenoxy) is 4. The predicted octanol–water partition coefficient (Wildman–Crippen LogP) is 8.78. The minimum Gasteiger partial charge on any atom is -0.478 e. The topological polar surface area (TPSA) is 348 Å². The molecule has 2 aromatic carbocycles. The monoisotopic (exact) mass is 1250 g/mol. The Balaban J connectivity index is 1.05. The first-order valence-electron chi connectivity index (χ1n) is 24.7. The molecule has 0 spiro atoms. The van der Waals surface area contributed by atoms with E-state index in [1.165, 1.54) is 55.4 Å². The van der Waals surface area contributed by atoms with Crippen LogP contribution in [0.25, 0.3) is 0 Å². The molecule has 1 fully saturated rings. The zero-order valence-corrected chi connectivity index (χ0v) is 51.0. The lowest BCUT2D eigenvalue weighted by atomic mass is 9.73. The maximum Gasteiger partial charge on any atom is 0.490 e. The molecular formula is C49H65N6O18P3S4. The predicted molar refractivity (Wildman–Crippen MR) is 310 cm³/mol. The molecule has 3 heterocycles. The van der Waals surface area contributed by atoms with Crippen molar-refractivity contribution in [1.82, 2.24) is 14.9 Å². The minimum absolute atomic E-state index is 0.00189. The number of nitrogens with one attached hydrogen (secondary N) is 2. The largest absolute Gasteiger partial charge is 0.490 e. The Morgan fingerprint density at radius 1 is 0.988 bits per heavy atom. The molecule has 438 valence electrons. The molecule has 80 heavy (non-hydrogen) atoms. The van der Waals surface area contributed by atoms with Crippen LogP contribution >= 0.6 is 66.6 Å². The van der Waals surface area contributed by atoms with Crippen LogP contribution in [0, 0.1) is 24.7 Å². The number of allylic oxidation sites excluding steroid dienone is 3. The smallest absolute Gasteiger partial charge is 0.478 e. The summed E-state index contributed by atoms with van der Waals surface area (Å²) in [5.41, 5.74) is 10.6. The number of benzene rings is 2. The van der Waals surface area contributed by atoms with E-state index in [2.05, 4.69) is 47.1 Å². The summed E-state index contributed by atoms with van der Waals surface area (Å²) in [7, 11) is -11.2. The average molecular weight is 1250 g/mol. The number of phosphoric acid groups is 3. The van der Waals surface area contributed by atoms with E-state index in [1.54, 1.807) is 12.1 Å². The van der Waals surface area contributed by atoms with Crippen LogP contribution in [0.1, 0.15) is 117 Å². The number of hydrogen-bond donors (Lipinski definition) is 8. The molecule has 0 saturated carbocycles. The molecular weight excluding hydrogens is 1180 g/mol. The highest BCUT2D eigenvalue weighted by atomic mass is 33.1. The molecule has 24 nitrogen and oxygen atoms in total. The van der Waals surface area contributed by atoms with Crippen LogP contribution in [0.4, 0.5) is 11.5 Å². The molecule has 0 bridgehead atoms. The van der Waals surface area contributed by atoms with Crippen molar-refractivity contribution in [2.45, 2.75) is 103 Å². The van der Waals surface area contributed by atoms with Crippen LogP contribution in [-0.2, 0) is 41.1 Å². The zero-order chi connectivity index (χ0) is 59.0. The first-order chi connectivity index (χ1) is 37.4. The molecule has 1 aromatic heterocycles. The van der Waals surface area contributed by atoms with E-state index in [-0.39, 0.29) is 64.6 Å². The lowest BCUT2D eigenvalue weighted by Gasteiger charge is -2.37. The Bertz CT molecular complexity index is 3170. The van der Waals surface area contributed by atoms with E-state index in [0.29, 0.717) is 30.2 Å². The highest BCUT2D eigenvalue weighted by molar-refractivity contribution is 8.77. The van der Waals surface area contributed by atoms with Crippen molar-refractivity contribution in [3.8, 4) is 17.6 Å². The number of carboxylic acids is 1. The second-order valence-electron chi connectivity index (χ2n) is 19.7. The summed E-state index contributed by atoms with van der Waals surface area (Å²) < 4.78 is 72.5. The molecule has 1 amide bonds. The van der Waals surface area contributed by atoms with Gasteiger partial charge in [0, 0.05) is 82.5 Å². The first-order valence-corrected chi connectivity index (χ1v) is 33.8. The Morgan fingerprint density at radius 3 is 2.39 bits per heavy atom. The van der Waals surface area contributed by atoms with Gasteiger partial charge in [-0.15, -0.1) is 0 Å². The second-order valence-corrected chi connectivity index (χ2v) is 30.2. The van der Waals surface area contributed by atoms with Gasteiger partial charge < -0.3 is 60.0 Å². The molecule has 7 atom stereocenters. The number of fused-ring (bicyclic) bond motifs is 2. The Hall–Kier alpha value is -3.94. The number of anilines is 2. The Kier molecular flexibility index (Phi) is 22.5. The minimum atomic E-state index is -5.79. The van der Waals surface area contributed by atoms with Crippen molar-refractivity contribution in [2.24, 2.45) is 10.9 Å². The lowest BCUT2D eigenvalue weighted by Crippen LogP contribution is -2.36. The number of carbonyl (C=O) groups excluding carboxylic acids is 1. The fraction of sp³-hybridized carbons (Fsp3) is 0.490. The third kappa shape index (κ3) is 18.5. The van der Waals surface area contributed by atoms with E-state index < -0.39 is 76.7 Å². The van der Waals surface area contributed by atoms with Crippen LogP contribution in [0.5, 0.6) is 5.75 Å². The standard InChI is InChI=1S/C49H65N6O18P3S4/c1-10-51-36-20-38-34(17-28(36)3)43(35-18-29(4)37(52-11-2)21-39(35)70-38)32-15-14-30(19-33(32)46(57)58)45(56)53-25-49(8,9)80-77-26-67-16-12-13-31-23-55(47(59)54-44(31)50)42-22-40(68-27-78-79-48(5,6)7)41(71-42)24-69-75(63,64)73-76(65,66)72-74(60,61)62/h14-15,17-21,23,34,40-43,52H,10-11,16,22,24-27H2,1-9H3,(H,53,56)(H,57,58)(H,63,64)(H,65,66)(H2,50,54,59)(H2,60,61,62)/t34?,40?,41-,42-,43?/m1/s1. The molecule has 3 aliphatic rings. The van der Waals surface area contributed by atoms with Crippen molar-refractivity contribution in [2.75, 3.05) is 55.8 Å². The summed E-state index contributed by atoms with van der Waals surface area (Å²) in [6.07, 6.45) is 2.06. The number of nitrogen functional groups attached to an aromatic ring is 1. The van der Waals surface area contributed by atoms with Gasteiger partial charge in [-0.25, -0.2) is 23.3 Å². The molecule has 0 radical (unpaired) electrons. The fourth-order valence-corrected chi connectivity index (χ4v) is 15.5. The van der Waals surface area contributed by atoms with Crippen LogP contribution in [-0.4, -0.2) is 118 Å². The number of aromatic nitrogens is 2. The molecule has 1 saturated heterocycles. The number of phosphoric ester groups is 1. The van der Waals surface area contributed by atoms with Crippen LogP contribution in [0.2, 0.25) is 0 Å². The summed E-state index contributed by atoms with van der Waals surface area (Å²) in [6, 6.07) is 8.77. The summed E-state index contributed by atoms with van der Waals surface area (Å²) in [5, 5.41) is 17.0. The number of aliphatic imine (C=N–C) groups is 1.